The van der Waals surface area contributed by atoms with E-state index in [1.54, 1.807) is 21.6 Å². The van der Waals surface area contributed by atoms with E-state index in [9.17, 15) is 9.59 Å². The number of benzene rings is 2. The Hall–Kier alpha value is -3.39. The Morgan fingerprint density at radius 2 is 2.10 bits per heavy atom. The molecule has 1 N–H and O–H groups in total. The summed E-state index contributed by atoms with van der Waals surface area (Å²) in [5, 5.41) is 4.67. The summed E-state index contributed by atoms with van der Waals surface area (Å²) in [4.78, 5) is 33.6. The summed E-state index contributed by atoms with van der Waals surface area (Å²) in [5.74, 6) is 0.637. The number of H-pyrrole nitrogens is 1. The van der Waals surface area contributed by atoms with Crippen molar-refractivity contribution in [1.29, 1.82) is 0 Å². The number of imidazole rings is 1. The zero-order chi connectivity index (χ0) is 20.8. The van der Waals surface area contributed by atoms with Crippen molar-refractivity contribution in [3.05, 3.63) is 63.9 Å². The Balaban J connectivity index is 1.41. The van der Waals surface area contributed by atoms with E-state index in [4.69, 9.17) is 16.1 Å². The van der Waals surface area contributed by atoms with Crippen LogP contribution in [0.5, 0.6) is 0 Å². The number of aryl methyl sites for hydroxylation is 1. The Morgan fingerprint density at radius 1 is 1.23 bits per heavy atom. The van der Waals surface area contributed by atoms with Crippen molar-refractivity contribution in [2.75, 3.05) is 11.4 Å². The highest BCUT2D eigenvalue weighted by Crippen LogP contribution is 2.33. The molecule has 152 valence electrons. The predicted octanol–water partition coefficient (Wildman–Crippen LogP) is 3.57. The molecular weight excluding hydrogens is 406 g/mol. The van der Waals surface area contributed by atoms with E-state index in [1.807, 2.05) is 37.3 Å². The molecule has 2 aromatic heterocycles. The molecule has 1 aliphatic rings. The van der Waals surface area contributed by atoms with Crippen LogP contribution in [0.15, 0.2) is 51.8 Å². The number of carbonyl (C=O) groups excluding carboxylic acids is 1. The highest BCUT2D eigenvalue weighted by molar-refractivity contribution is 6.30. The molecule has 9 heteroatoms. The van der Waals surface area contributed by atoms with Gasteiger partial charge in [-0.2, -0.15) is 4.98 Å². The Labute approximate surface area is 176 Å². The molecule has 0 bridgehead atoms. The fourth-order valence-corrected chi connectivity index (χ4v) is 4.09. The first-order valence-electron chi connectivity index (χ1n) is 9.66. The average molecular weight is 424 g/mol. The van der Waals surface area contributed by atoms with Gasteiger partial charge in [0.25, 0.3) is 0 Å². The van der Waals surface area contributed by atoms with E-state index in [-0.39, 0.29) is 17.5 Å². The van der Waals surface area contributed by atoms with Crippen LogP contribution in [-0.2, 0) is 11.3 Å². The first-order valence-corrected chi connectivity index (χ1v) is 10.0. The molecular formula is C21H18ClN5O3. The van der Waals surface area contributed by atoms with Gasteiger partial charge in [0.1, 0.15) is 0 Å². The molecule has 0 radical (unpaired) electrons. The van der Waals surface area contributed by atoms with E-state index >= 15 is 0 Å². The lowest BCUT2D eigenvalue weighted by Crippen LogP contribution is -2.24. The molecule has 0 saturated carbocycles. The maximum atomic E-state index is 12.5. The number of aromatic amines is 1. The lowest BCUT2D eigenvalue weighted by Gasteiger charge is -2.16. The van der Waals surface area contributed by atoms with Gasteiger partial charge in [-0.15, -0.1) is 0 Å². The minimum atomic E-state index is -0.192. The summed E-state index contributed by atoms with van der Waals surface area (Å²) in [6.07, 6.45) is 0.292. The lowest BCUT2D eigenvalue weighted by molar-refractivity contribution is -0.117. The van der Waals surface area contributed by atoms with Crippen LogP contribution in [0.25, 0.3) is 22.4 Å². The van der Waals surface area contributed by atoms with Gasteiger partial charge in [0.2, 0.25) is 17.6 Å². The molecule has 3 heterocycles. The molecule has 1 unspecified atom stereocenters. The van der Waals surface area contributed by atoms with Crippen LogP contribution in [0, 0.1) is 0 Å². The van der Waals surface area contributed by atoms with Crippen LogP contribution < -0.4 is 10.6 Å². The second-order valence-corrected chi connectivity index (χ2v) is 7.68. The maximum absolute atomic E-state index is 12.5. The number of fused-ring (bicyclic) bond motifs is 1. The molecule has 0 aliphatic carbocycles. The highest BCUT2D eigenvalue weighted by Gasteiger charge is 2.35. The number of hydrogen-bond acceptors (Lipinski definition) is 5. The predicted molar refractivity (Wildman–Crippen MR) is 113 cm³/mol. The smallest absolute Gasteiger partial charge is 0.326 e. The third-order valence-corrected chi connectivity index (χ3v) is 5.62. The maximum Gasteiger partial charge on any atom is 0.326 e. The van der Waals surface area contributed by atoms with E-state index in [0.29, 0.717) is 41.8 Å². The third kappa shape index (κ3) is 3.09. The minimum Gasteiger partial charge on any atom is -0.339 e. The zero-order valence-corrected chi connectivity index (χ0v) is 16.9. The molecule has 1 fully saturated rings. The SMILES string of the molecule is CCn1c(=O)[nH]c2cc(-c3noc(C4CC(=O)N(c5cccc(Cl)c5)C4)n3)ccc21. The number of carbonyl (C=O) groups is 1. The van der Waals surface area contributed by atoms with Gasteiger partial charge in [0.15, 0.2) is 0 Å². The van der Waals surface area contributed by atoms with Crippen molar-refractivity contribution in [3.8, 4) is 11.4 Å². The number of nitrogens with one attached hydrogen (secondary N) is 1. The zero-order valence-electron chi connectivity index (χ0n) is 16.1. The monoisotopic (exact) mass is 423 g/mol. The average Bonchev–Trinajstić information content (AvgIpc) is 3.43. The van der Waals surface area contributed by atoms with Gasteiger partial charge in [-0.05, 0) is 43.3 Å². The standard InChI is InChI=1S/C21H18ClN5O3/c1-2-26-17-7-6-12(8-16(17)23-21(26)29)19-24-20(30-25-19)13-9-18(28)27(11-13)15-5-3-4-14(22)10-15/h3-8,10,13H,2,9,11H2,1H3,(H,23,29). The number of rotatable bonds is 4. The van der Waals surface area contributed by atoms with Gasteiger partial charge in [-0.1, -0.05) is 22.8 Å². The molecule has 1 aliphatic heterocycles. The summed E-state index contributed by atoms with van der Waals surface area (Å²) < 4.78 is 7.14. The molecule has 8 nitrogen and oxygen atoms in total. The molecule has 1 saturated heterocycles. The van der Waals surface area contributed by atoms with Crippen molar-refractivity contribution >= 4 is 34.2 Å². The molecule has 0 spiro atoms. The second kappa shape index (κ2) is 7.14. The van der Waals surface area contributed by atoms with Crippen LogP contribution in [0.2, 0.25) is 5.02 Å². The summed E-state index contributed by atoms with van der Waals surface area (Å²) in [5.41, 5.74) is 2.88. The van der Waals surface area contributed by atoms with E-state index in [0.717, 1.165) is 16.8 Å². The van der Waals surface area contributed by atoms with Gasteiger partial charge in [0, 0.05) is 35.8 Å². The quantitative estimate of drug-likeness (QED) is 0.541. The second-order valence-electron chi connectivity index (χ2n) is 7.25. The normalized spacial score (nSPS) is 16.7. The van der Waals surface area contributed by atoms with E-state index in [2.05, 4.69) is 15.1 Å². The Morgan fingerprint density at radius 3 is 2.90 bits per heavy atom. The van der Waals surface area contributed by atoms with Gasteiger partial charge in [-0.3, -0.25) is 9.36 Å². The van der Waals surface area contributed by atoms with Crippen molar-refractivity contribution in [2.45, 2.75) is 25.8 Å². The van der Waals surface area contributed by atoms with Crippen molar-refractivity contribution in [1.82, 2.24) is 19.7 Å². The van der Waals surface area contributed by atoms with Crippen LogP contribution in [-0.4, -0.2) is 32.1 Å². The summed E-state index contributed by atoms with van der Waals surface area (Å²) >= 11 is 6.06. The van der Waals surface area contributed by atoms with E-state index in [1.165, 1.54) is 0 Å². The molecule has 1 atom stereocenters. The van der Waals surface area contributed by atoms with Crippen LogP contribution in [0.1, 0.15) is 25.2 Å². The number of hydrogen-bond donors (Lipinski definition) is 1. The minimum absolute atomic E-state index is 0.0121. The highest BCUT2D eigenvalue weighted by atomic mass is 35.5. The van der Waals surface area contributed by atoms with Gasteiger partial charge >= 0.3 is 5.69 Å². The first kappa shape index (κ1) is 18.6. The van der Waals surface area contributed by atoms with Gasteiger partial charge in [0.05, 0.1) is 17.0 Å². The van der Waals surface area contributed by atoms with Crippen LogP contribution in [0.4, 0.5) is 5.69 Å². The van der Waals surface area contributed by atoms with Gasteiger partial charge < -0.3 is 14.4 Å². The fourth-order valence-electron chi connectivity index (χ4n) is 3.90. The molecule has 30 heavy (non-hydrogen) atoms. The van der Waals surface area contributed by atoms with Crippen molar-refractivity contribution < 1.29 is 9.32 Å². The van der Waals surface area contributed by atoms with Gasteiger partial charge in [-0.25, -0.2) is 4.79 Å². The molecule has 2 aromatic carbocycles. The summed E-state index contributed by atoms with van der Waals surface area (Å²) in [6, 6.07) is 12.7. The molecule has 1 amide bonds. The largest absolute Gasteiger partial charge is 0.339 e. The van der Waals surface area contributed by atoms with Crippen LogP contribution in [0.3, 0.4) is 0 Å². The molecule has 5 rings (SSSR count). The molecule has 4 aromatic rings. The fraction of sp³-hybridized carbons (Fsp3) is 0.238. The summed E-state index contributed by atoms with van der Waals surface area (Å²) in [7, 11) is 0. The topological polar surface area (TPSA) is 97.0 Å². The lowest BCUT2D eigenvalue weighted by atomic mass is 10.1. The van der Waals surface area contributed by atoms with Crippen LogP contribution >= 0.6 is 11.6 Å². The number of nitrogens with zero attached hydrogens (tertiary/aromatic N) is 4. The third-order valence-electron chi connectivity index (χ3n) is 5.38. The summed E-state index contributed by atoms with van der Waals surface area (Å²) in [6.45, 7) is 2.96. The van der Waals surface area contributed by atoms with Crippen molar-refractivity contribution in [3.63, 3.8) is 0 Å². The number of halogens is 1. The van der Waals surface area contributed by atoms with E-state index < -0.39 is 0 Å². The Bertz CT molecular complexity index is 1320. The number of amides is 1. The van der Waals surface area contributed by atoms with Crippen molar-refractivity contribution in [2.24, 2.45) is 0 Å². The Kier molecular flexibility index (Phi) is 4.43. The number of anilines is 1. The number of aromatic nitrogens is 4. The first-order chi connectivity index (χ1) is 14.5.